The number of aromatic nitrogens is 1. The molecular weight excluding hydrogens is 228 g/mol. The summed E-state index contributed by atoms with van der Waals surface area (Å²) in [6.07, 6.45) is 2.38. The monoisotopic (exact) mass is 246 g/mol. The van der Waals surface area contributed by atoms with Gasteiger partial charge in [0.1, 0.15) is 0 Å². The lowest BCUT2D eigenvalue weighted by Gasteiger charge is -2.09. The molecule has 4 nitrogen and oxygen atoms in total. The first-order valence-electron chi connectivity index (χ1n) is 6.20. The number of hydrogen-bond acceptors (Lipinski definition) is 2. The summed E-state index contributed by atoms with van der Waals surface area (Å²) in [5, 5.41) is 13.2. The fraction of sp³-hybridized carbons (Fsp3) is 0.357. The Hall–Kier alpha value is -1.81. The first-order valence-corrected chi connectivity index (χ1v) is 6.20. The van der Waals surface area contributed by atoms with Crippen LogP contribution in [-0.2, 0) is 11.2 Å². The molecule has 0 saturated carbocycles. The van der Waals surface area contributed by atoms with E-state index < -0.39 is 6.10 Å². The minimum Gasteiger partial charge on any atom is -0.391 e. The Kier molecular flexibility index (Phi) is 3.99. The Balaban J connectivity index is 1.99. The number of carbonyl (C=O) groups is 1. The van der Waals surface area contributed by atoms with E-state index in [1.165, 1.54) is 0 Å². The third-order valence-corrected chi connectivity index (χ3v) is 3.03. The number of aromatic amines is 1. The molecule has 2 rings (SSSR count). The minimum absolute atomic E-state index is 0.0627. The zero-order valence-electron chi connectivity index (χ0n) is 10.4. The summed E-state index contributed by atoms with van der Waals surface area (Å²) in [5.74, 6) is -0.0627. The quantitative estimate of drug-likeness (QED) is 0.750. The van der Waals surface area contributed by atoms with Crippen LogP contribution < -0.4 is 5.32 Å². The third-order valence-electron chi connectivity index (χ3n) is 3.03. The molecule has 1 atom stereocenters. The van der Waals surface area contributed by atoms with E-state index in [2.05, 4.69) is 10.3 Å². The maximum absolute atomic E-state index is 11.7. The molecular formula is C14H18N2O2. The highest BCUT2D eigenvalue weighted by molar-refractivity contribution is 5.88. The molecule has 0 bridgehead atoms. The molecule has 96 valence electrons. The minimum atomic E-state index is -0.461. The number of H-pyrrole nitrogens is 1. The fourth-order valence-electron chi connectivity index (χ4n) is 1.89. The van der Waals surface area contributed by atoms with E-state index in [4.69, 9.17) is 0 Å². The standard InChI is InChI=1S/C14H18N2O2/c1-2-11(17)9-16-14(18)7-10-8-15-13-6-4-3-5-12(10)13/h3-6,8,11,15,17H,2,7,9H2,1H3,(H,16,18). The molecule has 0 saturated heterocycles. The summed E-state index contributed by atoms with van der Waals surface area (Å²) < 4.78 is 0. The zero-order valence-corrected chi connectivity index (χ0v) is 10.4. The van der Waals surface area contributed by atoms with E-state index in [9.17, 15) is 9.90 Å². The van der Waals surface area contributed by atoms with Crippen molar-refractivity contribution in [2.24, 2.45) is 0 Å². The molecule has 1 aromatic heterocycles. The van der Waals surface area contributed by atoms with Gasteiger partial charge in [0.25, 0.3) is 0 Å². The molecule has 18 heavy (non-hydrogen) atoms. The molecule has 1 heterocycles. The number of para-hydroxylation sites is 1. The average molecular weight is 246 g/mol. The van der Waals surface area contributed by atoms with Crippen molar-refractivity contribution >= 4 is 16.8 Å². The van der Waals surface area contributed by atoms with Crippen LogP contribution in [0, 0.1) is 0 Å². The maximum Gasteiger partial charge on any atom is 0.224 e. The number of aliphatic hydroxyl groups excluding tert-OH is 1. The molecule has 4 heteroatoms. The van der Waals surface area contributed by atoms with Crippen molar-refractivity contribution in [1.29, 1.82) is 0 Å². The lowest BCUT2D eigenvalue weighted by molar-refractivity contribution is -0.120. The highest BCUT2D eigenvalue weighted by Gasteiger charge is 2.09. The summed E-state index contributed by atoms with van der Waals surface area (Å²) in [5.41, 5.74) is 2.02. The van der Waals surface area contributed by atoms with Crippen LogP contribution in [0.4, 0.5) is 0 Å². The maximum atomic E-state index is 11.7. The van der Waals surface area contributed by atoms with Gasteiger partial charge in [-0.1, -0.05) is 25.1 Å². The van der Waals surface area contributed by atoms with Crippen molar-refractivity contribution in [2.45, 2.75) is 25.9 Å². The lowest BCUT2D eigenvalue weighted by Crippen LogP contribution is -2.32. The van der Waals surface area contributed by atoms with Gasteiger partial charge in [-0.15, -0.1) is 0 Å². The van der Waals surface area contributed by atoms with E-state index >= 15 is 0 Å². The molecule has 0 aliphatic heterocycles. The van der Waals surface area contributed by atoms with Crippen LogP contribution in [0.25, 0.3) is 10.9 Å². The van der Waals surface area contributed by atoms with E-state index in [1.807, 2.05) is 37.4 Å². The van der Waals surface area contributed by atoms with E-state index in [-0.39, 0.29) is 5.91 Å². The molecule has 0 radical (unpaired) electrons. The SMILES string of the molecule is CCC(O)CNC(=O)Cc1c[nH]c2ccccc12. The lowest BCUT2D eigenvalue weighted by atomic mass is 10.1. The number of amides is 1. The Morgan fingerprint density at radius 3 is 3.00 bits per heavy atom. The number of fused-ring (bicyclic) bond motifs is 1. The highest BCUT2D eigenvalue weighted by atomic mass is 16.3. The van der Waals surface area contributed by atoms with Crippen LogP contribution in [-0.4, -0.2) is 28.6 Å². The molecule has 0 spiro atoms. The van der Waals surface area contributed by atoms with Crippen LogP contribution in [0.2, 0.25) is 0 Å². The molecule has 1 unspecified atom stereocenters. The Morgan fingerprint density at radius 2 is 2.22 bits per heavy atom. The van der Waals surface area contributed by atoms with Crippen LogP contribution in [0.1, 0.15) is 18.9 Å². The Bertz CT molecular complexity index is 533. The predicted octanol–water partition coefficient (Wildman–Crippen LogP) is 1.60. The first kappa shape index (κ1) is 12.6. The topological polar surface area (TPSA) is 65.1 Å². The largest absolute Gasteiger partial charge is 0.391 e. The number of nitrogens with one attached hydrogen (secondary N) is 2. The van der Waals surface area contributed by atoms with Gasteiger partial charge in [0.05, 0.1) is 12.5 Å². The smallest absolute Gasteiger partial charge is 0.224 e. The van der Waals surface area contributed by atoms with Gasteiger partial charge in [-0.25, -0.2) is 0 Å². The molecule has 2 aromatic rings. The molecule has 0 aliphatic carbocycles. The number of carbonyl (C=O) groups excluding carboxylic acids is 1. The van der Waals surface area contributed by atoms with E-state index in [0.717, 1.165) is 16.5 Å². The van der Waals surface area contributed by atoms with E-state index in [0.29, 0.717) is 19.4 Å². The van der Waals surface area contributed by atoms with Crippen LogP contribution >= 0.6 is 0 Å². The molecule has 0 aliphatic rings. The third kappa shape index (κ3) is 2.90. The second-order valence-electron chi connectivity index (χ2n) is 4.40. The second-order valence-corrected chi connectivity index (χ2v) is 4.40. The van der Waals surface area contributed by atoms with Gasteiger partial charge in [0.15, 0.2) is 0 Å². The van der Waals surface area contributed by atoms with E-state index in [1.54, 1.807) is 0 Å². The zero-order chi connectivity index (χ0) is 13.0. The van der Waals surface area contributed by atoms with Crippen molar-refractivity contribution in [2.75, 3.05) is 6.54 Å². The number of hydrogen-bond donors (Lipinski definition) is 3. The van der Waals surface area contributed by atoms with Crippen LogP contribution in [0.15, 0.2) is 30.5 Å². The summed E-state index contributed by atoms with van der Waals surface area (Å²) in [6, 6.07) is 7.89. The number of aliphatic hydroxyl groups is 1. The predicted molar refractivity (Wildman–Crippen MR) is 71.3 cm³/mol. The van der Waals surface area contributed by atoms with Crippen molar-refractivity contribution < 1.29 is 9.90 Å². The molecule has 1 aromatic carbocycles. The number of rotatable bonds is 5. The normalized spacial score (nSPS) is 12.6. The molecule has 1 amide bonds. The second kappa shape index (κ2) is 5.69. The Labute approximate surface area is 106 Å². The molecule has 0 fully saturated rings. The van der Waals surface area contributed by atoms with Gasteiger partial charge in [0, 0.05) is 23.6 Å². The van der Waals surface area contributed by atoms with Crippen molar-refractivity contribution in [3.8, 4) is 0 Å². The van der Waals surface area contributed by atoms with Crippen LogP contribution in [0.5, 0.6) is 0 Å². The van der Waals surface area contributed by atoms with Gasteiger partial charge in [-0.3, -0.25) is 4.79 Å². The summed E-state index contributed by atoms with van der Waals surface area (Å²) in [6.45, 7) is 2.20. The van der Waals surface area contributed by atoms with Crippen molar-refractivity contribution in [1.82, 2.24) is 10.3 Å². The van der Waals surface area contributed by atoms with Gasteiger partial charge >= 0.3 is 0 Å². The summed E-state index contributed by atoms with van der Waals surface area (Å²) >= 11 is 0. The molecule has 3 N–H and O–H groups in total. The van der Waals surface area contributed by atoms with Gasteiger partial charge in [0.2, 0.25) is 5.91 Å². The van der Waals surface area contributed by atoms with Gasteiger partial charge in [-0.2, -0.15) is 0 Å². The van der Waals surface area contributed by atoms with Crippen molar-refractivity contribution in [3.63, 3.8) is 0 Å². The van der Waals surface area contributed by atoms with Crippen LogP contribution in [0.3, 0.4) is 0 Å². The van der Waals surface area contributed by atoms with Crippen molar-refractivity contribution in [3.05, 3.63) is 36.0 Å². The fourth-order valence-corrected chi connectivity index (χ4v) is 1.89. The van der Waals surface area contributed by atoms with Gasteiger partial charge < -0.3 is 15.4 Å². The highest BCUT2D eigenvalue weighted by Crippen LogP contribution is 2.17. The average Bonchev–Trinajstić information content (AvgIpc) is 2.79. The number of benzene rings is 1. The summed E-state index contributed by atoms with van der Waals surface area (Å²) in [4.78, 5) is 14.9. The Morgan fingerprint density at radius 1 is 1.44 bits per heavy atom. The first-order chi connectivity index (χ1) is 8.70. The summed E-state index contributed by atoms with van der Waals surface area (Å²) in [7, 11) is 0. The van der Waals surface area contributed by atoms with Gasteiger partial charge in [-0.05, 0) is 18.1 Å².